The van der Waals surface area contributed by atoms with E-state index in [0.717, 1.165) is 11.1 Å². The van der Waals surface area contributed by atoms with Gasteiger partial charge in [-0.3, -0.25) is 9.55 Å². The summed E-state index contributed by atoms with van der Waals surface area (Å²) in [4.78, 5) is 8.39. The number of benzene rings is 1. The van der Waals surface area contributed by atoms with E-state index in [2.05, 4.69) is 22.6 Å². The summed E-state index contributed by atoms with van der Waals surface area (Å²) in [5, 5.41) is 0. The molecule has 7 heteroatoms. The number of imidazole rings is 1. The number of rotatable bonds is 2. The summed E-state index contributed by atoms with van der Waals surface area (Å²) < 4.78 is 40.3. The topological polar surface area (TPSA) is 30.7 Å². The average Bonchev–Trinajstić information content (AvgIpc) is 2.94. The number of hydrogen-bond acceptors (Lipinski definition) is 3. The van der Waals surface area contributed by atoms with Gasteiger partial charge >= 0.3 is 6.18 Å². The fraction of sp³-hybridized carbons (Fsp3) is 0.0667. The second kappa shape index (κ2) is 5.49. The van der Waals surface area contributed by atoms with Crippen LogP contribution in [0.2, 0.25) is 0 Å². The fourth-order valence-electron chi connectivity index (χ4n) is 2.03. The molecule has 0 fully saturated rings. The molecule has 0 unspecified atom stereocenters. The highest BCUT2D eigenvalue weighted by molar-refractivity contribution is 7.80. The van der Waals surface area contributed by atoms with Crippen LogP contribution in [0.5, 0.6) is 0 Å². The SMILES string of the molecule is FC(F)(F)c1cn(-c2ccc(S)cc2)c(-c2cccnc2)n1. The number of hydrogen-bond donors (Lipinski definition) is 1. The Hall–Kier alpha value is -2.28. The van der Waals surface area contributed by atoms with Crippen molar-refractivity contribution in [3.8, 4) is 17.1 Å². The molecule has 2 heterocycles. The van der Waals surface area contributed by atoms with Crippen LogP contribution in [0.15, 0.2) is 59.9 Å². The molecule has 3 aromatic rings. The van der Waals surface area contributed by atoms with Gasteiger partial charge in [-0.05, 0) is 36.4 Å². The first-order valence-electron chi connectivity index (χ1n) is 6.31. The van der Waals surface area contributed by atoms with Crippen molar-refractivity contribution < 1.29 is 13.2 Å². The molecular formula is C15H10F3N3S. The second-order valence-corrected chi connectivity index (χ2v) is 5.09. The van der Waals surface area contributed by atoms with Crippen LogP contribution in [-0.4, -0.2) is 14.5 Å². The zero-order valence-corrected chi connectivity index (χ0v) is 12.0. The summed E-state index contributed by atoms with van der Waals surface area (Å²) in [7, 11) is 0. The van der Waals surface area contributed by atoms with Crippen molar-refractivity contribution >= 4 is 12.6 Å². The van der Waals surface area contributed by atoms with Gasteiger partial charge in [0.05, 0.1) is 0 Å². The monoisotopic (exact) mass is 321 g/mol. The quantitative estimate of drug-likeness (QED) is 0.716. The van der Waals surface area contributed by atoms with E-state index in [1.807, 2.05) is 0 Å². The van der Waals surface area contributed by atoms with Crippen molar-refractivity contribution in [2.75, 3.05) is 0 Å². The lowest BCUT2D eigenvalue weighted by Gasteiger charge is -2.07. The van der Waals surface area contributed by atoms with Gasteiger partial charge in [0.1, 0.15) is 5.82 Å². The van der Waals surface area contributed by atoms with E-state index in [0.29, 0.717) is 11.3 Å². The van der Waals surface area contributed by atoms with E-state index in [-0.39, 0.29) is 5.82 Å². The number of thiol groups is 1. The number of alkyl halides is 3. The molecule has 0 saturated heterocycles. The van der Waals surface area contributed by atoms with Gasteiger partial charge in [0.2, 0.25) is 0 Å². The zero-order chi connectivity index (χ0) is 15.7. The van der Waals surface area contributed by atoms with Crippen molar-refractivity contribution in [1.82, 2.24) is 14.5 Å². The van der Waals surface area contributed by atoms with Crippen molar-refractivity contribution in [3.05, 3.63) is 60.7 Å². The third-order valence-electron chi connectivity index (χ3n) is 3.04. The fourth-order valence-corrected chi connectivity index (χ4v) is 2.17. The minimum absolute atomic E-state index is 0.187. The Morgan fingerprint density at radius 1 is 1.05 bits per heavy atom. The molecule has 2 aromatic heterocycles. The standard InChI is InChI=1S/C15H10F3N3S/c16-15(17,18)13-9-21(11-3-5-12(22)6-4-11)14(20-13)10-2-1-7-19-8-10/h1-9,22H. The van der Waals surface area contributed by atoms with Gasteiger partial charge in [0, 0.05) is 34.7 Å². The Labute approximate surface area is 129 Å². The molecule has 3 nitrogen and oxygen atoms in total. The number of pyridine rings is 1. The first-order valence-corrected chi connectivity index (χ1v) is 6.76. The van der Waals surface area contributed by atoms with Crippen LogP contribution >= 0.6 is 12.6 Å². The highest BCUT2D eigenvalue weighted by Gasteiger charge is 2.35. The molecular weight excluding hydrogens is 311 g/mol. The Kier molecular flexibility index (Phi) is 3.66. The molecule has 22 heavy (non-hydrogen) atoms. The van der Waals surface area contributed by atoms with Crippen LogP contribution < -0.4 is 0 Å². The summed E-state index contributed by atoms with van der Waals surface area (Å²) in [5.41, 5.74) is 0.133. The van der Waals surface area contributed by atoms with Crippen LogP contribution in [0, 0.1) is 0 Å². The Morgan fingerprint density at radius 2 is 1.77 bits per heavy atom. The maximum Gasteiger partial charge on any atom is 0.434 e. The van der Waals surface area contributed by atoms with Gasteiger partial charge in [-0.25, -0.2) is 4.98 Å². The Morgan fingerprint density at radius 3 is 2.36 bits per heavy atom. The van der Waals surface area contributed by atoms with Crippen LogP contribution in [-0.2, 0) is 6.18 Å². The number of halogens is 3. The van der Waals surface area contributed by atoms with Crippen LogP contribution in [0.4, 0.5) is 13.2 Å². The third-order valence-corrected chi connectivity index (χ3v) is 3.34. The average molecular weight is 321 g/mol. The molecule has 0 spiro atoms. The number of nitrogens with zero attached hydrogens (tertiary/aromatic N) is 3. The van der Waals surface area contributed by atoms with Gasteiger partial charge in [0.25, 0.3) is 0 Å². The van der Waals surface area contributed by atoms with E-state index in [9.17, 15) is 13.2 Å². The largest absolute Gasteiger partial charge is 0.434 e. The molecule has 0 bridgehead atoms. The van der Waals surface area contributed by atoms with Crippen LogP contribution in [0.3, 0.4) is 0 Å². The molecule has 0 N–H and O–H groups in total. The molecule has 0 atom stereocenters. The summed E-state index contributed by atoms with van der Waals surface area (Å²) in [6.45, 7) is 0. The minimum atomic E-state index is -4.51. The molecule has 0 aliphatic carbocycles. The normalized spacial score (nSPS) is 11.6. The van der Waals surface area contributed by atoms with Gasteiger partial charge in [-0.1, -0.05) is 0 Å². The van der Waals surface area contributed by atoms with E-state index in [4.69, 9.17) is 0 Å². The van der Waals surface area contributed by atoms with Crippen molar-refractivity contribution in [2.45, 2.75) is 11.1 Å². The first kappa shape index (κ1) is 14.6. The van der Waals surface area contributed by atoms with Crippen molar-refractivity contribution in [3.63, 3.8) is 0 Å². The summed E-state index contributed by atoms with van der Waals surface area (Å²) >= 11 is 4.18. The molecule has 1 aromatic carbocycles. The van der Waals surface area contributed by atoms with Gasteiger partial charge in [0.15, 0.2) is 5.69 Å². The summed E-state index contributed by atoms with van der Waals surface area (Å²) in [6, 6.07) is 10.1. The molecule has 3 rings (SSSR count). The number of aromatic nitrogens is 3. The van der Waals surface area contributed by atoms with Crippen molar-refractivity contribution in [1.29, 1.82) is 0 Å². The lowest BCUT2D eigenvalue weighted by molar-refractivity contribution is -0.140. The van der Waals surface area contributed by atoms with E-state index in [1.54, 1.807) is 42.6 Å². The van der Waals surface area contributed by atoms with Crippen LogP contribution in [0.25, 0.3) is 17.1 Å². The Balaban J connectivity index is 2.19. The molecule has 0 aliphatic heterocycles. The molecule has 0 saturated carbocycles. The third kappa shape index (κ3) is 2.85. The smallest absolute Gasteiger partial charge is 0.299 e. The highest BCUT2D eigenvalue weighted by Crippen LogP contribution is 2.32. The predicted molar refractivity (Wildman–Crippen MR) is 79.0 cm³/mol. The minimum Gasteiger partial charge on any atom is -0.299 e. The van der Waals surface area contributed by atoms with Gasteiger partial charge < -0.3 is 0 Å². The predicted octanol–water partition coefficient (Wildman–Crippen LogP) is 4.24. The first-order chi connectivity index (χ1) is 10.4. The zero-order valence-electron chi connectivity index (χ0n) is 11.1. The second-order valence-electron chi connectivity index (χ2n) is 4.58. The summed E-state index contributed by atoms with van der Waals surface area (Å²) in [6.07, 6.45) is -0.495. The van der Waals surface area contributed by atoms with E-state index < -0.39 is 11.9 Å². The van der Waals surface area contributed by atoms with Gasteiger partial charge in [-0.2, -0.15) is 13.2 Å². The van der Waals surface area contributed by atoms with Crippen LogP contribution in [0.1, 0.15) is 5.69 Å². The maximum absolute atomic E-state index is 13.0. The summed E-state index contributed by atoms with van der Waals surface area (Å²) in [5.74, 6) is 0.187. The molecule has 0 aliphatic rings. The molecule has 0 amide bonds. The lowest BCUT2D eigenvalue weighted by atomic mass is 10.2. The maximum atomic E-state index is 13.0. The molecule has 112 valence electrons. The van der Waals surface area contributed by atoms with E-state index in [1.165, 1.54) is 10.8 Å². The Bertz CT molecular complexity index is 780. The van der Waals surface area contributed by atoms with Crippen molar-refractivity contribution in [2.24, 2.45) is 0 Å². The highest BCUT2D eigenvalue weighted by atomic mass is 32.1. The molecule has 0 radical (unpaired) electrons. The lowest BCUT2D eigenvalue weighted by Crippen LogP contribution is -2.05. The van der Waals surface area contributed by atoms with E-state index >= 15 is 0 Å². The van der Waals surface area contributed by atoms with Gasteiger partial charge in [-0.15, -0.1) is 12.6 Å².